The monoisotopic (exact) mass is 362 g/mol. The summed E-state index contributed by atoms with van der Waals surface area (Å²) in [7, 11) is 1.10. The van der Waals surface area contributed by atoms with Crippen molar-refractivity contribution in [3.05, 3.63) is 102 Å². The minimum atomic E-state index is -2.88. The van der Waals surface area contributed by atoms with E-state index in [0.717, 1.165) is 5.30 Å². The average molecular weight is 362 g/mol. The molecule has 2 atom stereocenters. The molecule has 132 valence electrons. The molecular weight excluding hydrogens is 339 g/mol. The molecule has 1 fully saturated rings. The van der Waals surface area contributed by atoms with E-state index in [0.29, 0.717) is 0 Å². The summed E-state index contributed by atoms with van der Waals surface area (Å²) in [5, 5.41) is 0.879. The van der Waals surface area contributed by atoms with Crippen LogP contribution in [0.25, 0.3) is 0 Å². The molecule has 1 saturated heterocycles. The van der Waals surface area contributed by atoms with Crippen molar-refractivity contribution >= 4 is 12.7 Å². The van der Waals surface area contributed by atoms with Gasteiger partial charge in [-0.3, -0.25) is 4.57 Å². The van der Waals surface area contributed by atoms with Gasteiger partial charge in [-0.2, -0.15) is 0 Å². The highest BCUT2D eigenvalue weighted by molar-refractivity contribution is 7.67. The Morgan fingerprint density at radius 1 is 0.615 bits per heavy atom. The maximum absolute atomic E-state index is 14.3. The number of hydrogen-bond acceptors (Lipinski definition) is 1. The topological polar surface area (TPSA) is 23.6 Å². The normalized spacial score (nSPS) is 23.2. The Kier molecular flexibility index (Phi) is 4.54. The van der Waals surface area contributed by atoms with Gasteiger partial charge in [0.1, 0.15) is 0 Å². The summed E-state index contributed by atoms with van der Waals surface area (Å²) in [4.78, 5) is 0. The van der Waals surface area contributed by atoms with Gasteiger partial charge < -0.3 is 0 Å². The summed E-state index contributed by atoms with van der Waals surface area (Å²) in [5.41, 5.74) is 2.37. The lowest BCUT2D eigenvalue weighted by molar-refractivity contribution is 0.316. The van der Waals surface area contributed by atoms with Crippen LogP contribution in [-0.4, -0.2) is 23.4 Å². The van der Waals surface area contributed by atoms with Crippen molar-refractivity contribution in [1.29, 1.82) is 0 Å². The van der Waals surface area contributed by atoms with Crippen molar-refractivity contribution in [2.75, 3.05) is 14.1 Å². The Balaban J connectivity index is 1.90. The molecule has 0 radical (unpaired) electrons. The van der Waals surface area contributed by atoms with Crippen molar-refractivity contribution in [2.45, 2.75) is 12.1 Å². The van der Waals surface area contributed by atoms with Gasteiger partial charge in [-0.05, 0) is 37.4 Å². The zero-order chi connectivity index (χ0) is 18.1. The first kappa shape index (κ1) is 17.2. The molecule has 0 unspecified atom stereocenters. The van der Waals surface area contributed by atoms with Crippen molar-refractivity contribution in [3.8, 4) is 0 Å². The quantitative estimate of drug-likeness (QED) is 0.622. The lowest BCUT2D eigenvalue weighted by atomic mass is 9.93. The molecule has 1 heterocycles. The minimum Gasteiger partial charge on any atom is -0.283 e. The summed E-state index contributed by atoms with van der Waals surface area (Å²) in [5.74, 6) is 0. The zero-order valence-corrected chi connectivity index (χ0v) is 16.0. The fraction of sp³-hybridized carbons (Fsp3) is 0.182. The Morgan fingerprint density at radius 2 is 0.962 bits per heavy atom. The molecule has 26 heavy (non-hydrogen) atoms. The first-order valence-electron chi connectivity index (χ1n) is 8.86. The van der Waals surface area contributed by atoms with E-state index in [1.165, 1.54) is 11.1 Å². The summed E-state index contributed by atoms with van der Waals surface area (Å²) in [6.07, 6.45) is 0. The maximum Gasteiger partial charge on any atom is 0.246 e. The summed E-state index contributed by atoms with van der Waals surface area (Å²) >= 11 is 0. The van der Waals surface area contributed by atoms with Crippen molar-refractivity contribution in [3.63, 3.8) is 0 Å². The molecule has 0 aliphatic carbocycles. The van der Waals surface area contributed by atoms with Crippen LogP contribution in [0.5, 0.6) is 0 Å². The van der Waals surface area contributed by atoms with Crippen LogP contribution in [0.3, 0.4) is 0 Å². The largest absolute Gasteiger partial charge is 0.283 e. The maximum atomic E-state index is 14.3. The van der Waals surface area contributed by atoms with Crippen LogP contribution in [0.15, 0.2) is 91.0 Å². The Hall–Kier alpha value is -2.19. The van der Waals surface area contributed by atoms with Crippen molar-refractivity contribution < 1.29 is 4.57 Å². The zero-order valence-electron chi connectivity index (χ0n) is 15.1. The molecule has 0 bridgehead atoms. The van der Waals surface area contributed by atoms with E-state index >= 15 is 0 Å². The van der Waals surface area contributed by atoms with Crippen LogP contribution >= 0.6 is 7.44 Å². The number of likely N-dealkylation sites (N-methyl/N-ethyl adjacent to an activating group) is 2. The van der Waals surface area contributed by atoms with Gasteiger partial charge in [-0.1, -0.05) is 78.9 Å². The molecule has 0 aromatic heterocycles. The fourth-order valence-electron chi connectivity index (χ4n) is 4.05. The van der Waals surface area contributed by atoms with Gasteiger partial charge in [0.05, 0.1) is 12.1 Å². The standard InChI is InChI=1S/C22H23N2OP/c1-23-21(18-12-6-3-7-13-18)22(19-14-8-4-9-15-19)24(2)26(23,25)20-16-10-5-11-17-20/h3-17,21-22H,1-2H3/t21-,22-/m0/s1. The van der Waals surface area contributed by atoms with Gasteiger partial charge in [0.15, 0.2) is 0 Å². The lowest BCUT2D eigenvalue weighted by Crippen LogP contribution is -2.23. The van der Waals surface area contributed by atoms with E-state index in [1.54, 1.807) is 0 Å². The smallest absolute Gasteiger partial charge is 0.246 e. The second kappa shape index (κ2) is 6.85. The second-order valence-corrected chi connectivity index (χ2v) is 9.60. The van der Waals surface area contributed by atoms with Crippen LogP contribution in [-0.2, 0) is 4.57 Å². The molecule has 0 saturated carbocycles. The fourth-order valence-corrected chi connectivity index (χ4v) is 6.98. The Morgan fingerprint density at radius 3 is 1.35 bits per heavy atom. The molecule has 4 rings (SSSR count). The number of nitrogens with zero attached hydrogens (tertiary/aromatic N) is 2. The first-order valence-corrected chi connectivity index (χ1v) is 10.5. The van der Waals surface area contributed by atoms with E-state index in [4.69, 9.17) is 0 Å². The van der Waals surface area contributed by atoms with Crippen LogP contribution < -0.4 is 5.30 Å². The highest BCUT2D eigenvalue weighted by Gasteiger charge is 2.52. The Bertz CT molecular complexity index is 859. The lowest BCUT2D eigenvalue weighted by Gasteiger charge is -2.27. The van der Waals surface area contributed by atoms with Gasteiger partial charge in [-0.15, -0.1) is 0 Å². The van der Waals surface area contributed by atoms with E-state index in [2.05, 4.69) is 57.9 Å². The highest BCUT2D eigenvalue weighted by Crippen LogP contribution is 2.66. The van der Waals surface area contributed by atoms with Gasteiger partial charge in [0, 0.05) is 5.30 Å². The third-order valence-corrected chi connectivity index (χ3v) is 8.51. The minimum absolute atomic E-state index is 0.0228. The molecule has 3 aromatic carbocycles. The van der Waals surface area contributed by atoms with Crippen LogP contribution in [0, 0.1) is 0 Å². The third kappa shape index (κ3) is 2.64. The third-order valence-electron chi connectivity index (χ3n) is 5.33. The molecule has 1 aliphatic rings. The van der Waals surface area contributed by atoms with Gasteiger partial charge in [0.25, 0.3) is 0 Å². The molecule has 1 aliphatic heterocycles. The molecule has 0 N–H and O–H groups in total. The van der Waals surface area contributed by atoms with E-state index in [-0.39, 0.29) is 12.1 Å². The SMILES string of the molecule is CN1[C@@H](c2ccccc2)[C@H](c2ccccc2)N(C)P1(=O)c1ccccc1. The van der Waals surface area contributed by atoms with Crippen LogP contribution in [0.2, 0.25) is 0 Å². The molecule has 0 spiro atoms. The number of hydrogen-bond donors (Lipinski definition) is 0. The molecule has 3 aromatic rings. The summed E-state index contributed by atoms with van der Waals surface area (Å²) in [6.45, 7) is 0. The summed E-state index contributed by atoms with van der Waals surface area (Å²) < 4.78 is 18.5. The molecule has 4 heteroatoms. The van der Waals surface area contributed by atoms with Gasteiger partial charge in [-0.25, -0.2) is 9.34 Å². The second-order valence-electron chi connectivity index (χ2n) is 6.74. The molecule has 3 nitrogen and oxygen atoms in total. The molecular formula is C22H23N2OP. The van der Waals surface area contributed by atoms with Gasteiger partial charge >= 0.3 is 0 Å². The van der Waals surface area contributed by atoms with Crippen molar-refractivity contribution in [2.24, 2.45) is 0 Å². The predicted molar refractivity (Wildman–Crippen MR) is 108 cm³/mol. The number of rotatable bonds is 3. The van der Waals surface area contributed by atoms with Crippen molar-refractivity contribution in [1.82, 2.24) is 9.34 Å². The van der Waals surface area contributed by atoms with Crippen LogP contribution in [0.1, 0.15) is 23.2 Å². The van der Waals surface area contributed by atoms with Gasteiger partial charge in [0.2, 0.25) is 7.44 Å². The first-order chi connectivity index (χ1) is 12.6. The average Bonchev–Trinajstić information content (AvgIpc) is 2.92. The van der Waals surface area contributed by atoms with E-state index in [9.17, 15) is 4.57 Å². The van der Waals surface area contributed by atoms with E-state index < -0.39 is 7.44 Å². The summed E-state index contributed by atoms with van der Waals surface area (Å²) in [6, 6.07) is 30.7. The highest BCUT2D eigenvalue weighted by atomic mass is 31.2. The molecule has 0 amide bonds. The Labute approximate surface area is 155 Å². The van der Waals surface area contributed by atoms with Crippen LogP contribution in [0.4, 0.5) is 0 Å². The predicted octanol–water partition coefficient (Wildman–Crippen LogP) is 4.86. The number of benzene rings is 3. The van der Waals surface area contributed by atoms with E-state index in [1.807, 2.05) is 56.6 Å².